The van der Waals surface area contributed by atoms with E-state index in [1.165, 1.54) is 0 Å². The van der Waals surface area contributed by atoms with Crippen LogP contribution in [-0.2, 0) is 4.74 Å². The molecule has 0 aliphatic heterocycles. The fraction of sp³-hybridized carbons (Fsp3) is 0.200. The van der Waals surface area contributed by atoms with Gasteiger partial charge in [-0.2, -0.15) is 0 Å². The van der Waals surface area contributed by atoms with Gasteiger partial charge in [-0.05, 0) is 49.6 Å². The quantitative estimate of drug-likeness (QED) is 0.580. The minimum atomic E-state index is -0.498. The zero-order chi connectivity index (χ0) is 17.3. The number of esters is 1. The molecule has 0 spiro atoms. The first-order chi connectivity index (χ1) is 11.5. The highest BCUT2D eigenvalue weighted by Gasteiger charge is 2.17. The minimum Gasteiger partial charge on any atom is -0.454 e. The Bertz CT molecular complexity index is 937. The Labute approximate surface area is 140 Å². The summed E-state index contributed by atoms with van der Waals surface area (Å²) in [5.74, 6) is -0.689. The molecule has 2 aromatic carbocycles. The Morgan fingerprint density at radius 1 is 0.958 bits per heavy atom. The number of rotatable bonds is 4. The number of carbonyl (C=O) groups is 2. The molecule has 24 heavy (non-hydrogen) atoms. The van der Waals surface area contributed by atoms with Crippen LogP contribution in [0, 0.1) is 20.8 Å². The number of nitrogens with one attached hydrogen (secondary N) is 1. The van der Waals surface area contributed by atoms with Gasteiger partial charge < -0.3 is 9.72 Å². The molecule has 0 aliphatic carbocycles. The lowest BCUT2D eigenvalue weighted by molar-refractivity contribution is 0.0476. The van der Waals surface area contributed by atoms with Crippen molar-refractivity contribution in [3.05, 3.63) is 70.4 Å². The van der Waals surface area contributed by atoms with Gasteiger partial charge in [0.15, 0.2) is 6.61 Å². The third kappa shape index (κ3) is 2.95. The number of H-pyrrole nitrogens is 1. The smallest absolute Gasteiger partial charge is 0.340 e. The van der Waals surface area contributed by atoms with Gasteiger partial charge in [0, 0.05) is 22.7 Å². The highest BCUT2D eigenvalue weighted by atomic mass is 16.5. The number of hydrogen-bond donors (Lipinski definition) is 1. The molecule has 1 aromatic heterocycles. The maximum absolute atomic E-state index is 12.4. The molecular formula is C20H19NO3. The van der Waals surface area contributed by atoms with Crippen molar-refractivity contribution in [1.29, 1.82) is 0 Å². The van der Waals surface area contributed by atoms with Crippen LogP contribution in [0.2, 0.25) is 0 Å². The van der Waals surface area contributed by atoms with Crippen molar-refractivity contribution in [2.45, 2.75) is 20.8 Å². The molecule has 3 rings (SSSR count). The lowest BCUT2D eigenvalue weighted by Gasteiger charge is -2.09. The highest BCUT2D eigenvalue weighted by molar-refractivity contribution is 6.05. The van der Waals surface area contributed by atoms with Crippen molar-refractivity contribution < 1.29 is 14.3 Å². The Balaban J connectivity index is 1.75. The van der Waals surface area contributed by atoms with Gasteiger partial charge in [0.25, 0.3) is 0 Å². The summed E-state index contributed by atoms with van der Waals surface area (Å²) in [5, 5.41) is 0.789. The van der Waals surface area contributed by atoms with E-state index in [4.69, 9.17) is 4.74 Å². The van der Waals surface area contributed by atoms with Crippen molar-refractivity contribution in [2.75, 3.05) is 6.61 Å². The van der Waals surface area contributed by atoms with Crippen LogP contribution in [0.3, 0.4) is 0 Å². The summed E-state index contributed by atoms with van der Waals surface area (Å²) < 4.78 is 5.23. The number of benzene rings is 2. The van der Waals surface area contributed by atoms with Gasteiger partial charge in [0.1, 0.15) is 0 Å². The summed E-state index contributed by atoms with van der Waals surface area (Å²) in [4.78, 5) is 27.7. The number of aromatic amines is 1. The number of aromatic nitrogens is 1. The van der Waals surface area contributed by atoms with Gasteiger partial charge in [-0.3, -0.25) is 4.79 Å². The first kappa shape index (κ1) is 16.0. The molecular weight excluding hydrogens is 302 g/mol. The molecule has 0 amide bonds. The fourth-order valence-corrected chi connectivity index (χ4v) is 2.79. The van der Waals surface area contributed by atoms with Gasteiger partial charge in [-0.15, -0.1) is 0 Å². The van der Waals surface area contributed by atoms with Gasteiger partial charge in [-0.1, -0.05) is 24.3 Å². The molecule has 0 fully saturated rings. The standard InChI is InChI=1S/C20H19NO3/c1-12-8-14(3)16(9-13(12)2)19(22)11-24-20(23)17-10-21-18-7-5-4-6-15(17)18/h4-10,21H,11H2,1-3H3. The van der Waals surface area contributed by atoms with Crippen molar-refractivity contribution in [2.24, 2.45) is 0 Å². The Kier molecular flexibility index (Phi) is 4.21. The largest absolute Gasteiger partial charge is 0.454 e. The van der Waals surface area contributed by atoms with Crippen LogP contribution in [0.1, 0.15) is 37.4 Å². The van der Waals surface area contributed by atoms with Crippen LogP contribution in [0.4, 0.5) is 0 Å². The Morgan fingerprint density at radius 2 is 1.67 bits per heavy atom. The second kappa shape index (κ2) is 6.32. The molecule has 0 saturated carbocycles. The van der Waals surface area contributed by atoms with E-state index < -0.39 is 5.97 Å². The molecule has 4 nitrogen and oxygen atoms in total. The van der Waals surface area contributed by atoms with E-state index in [0.717, 1.165) is 27.6 Å². The second-order valence-electron chi connectivity index (χ2n) is 6.00. The van der Waals surface area contributed by atoms with Crippen LogP contribution < -0.4 is 0 Å². The van der Waals surface area contributed by atoms with Crippen LogP contribution in [-0.4, -0.2) is 23.3 Å². The van der Waals surface area contributed by atoms with Crippen LogP contribution in [0.15, 0.2) is 42.6 Å². The minimum absolute atomic E-state index is 0.191. The number of carbonyl (C=O) groups excluding carboxylic acids is 2. The monoisotopic (exact) mass is 321 g/mol. The van der Waals surface area contributed by atoms with E-state index in [1.807, 2.05) is 57.2 Å². The van der Waals surface area contributed by atoms with Gasteiger partial charge in [0.2, 0.25) is 5.78 Å². The third-order valence-corrected chi connectivity index (χ3v) is 4.28. The second-order valence-corrected chi connectivity index (χ2v) is 6.00. The summed E-state index contributed by atoms with van der Waals surface area (Å²) in [6.45, 7) is 5.60. The molecule has 1 heterocycles. The zero-order valence-electron chi connectivity index (χ0n) is 14.0. The third-order valence-electron chi connectivity index (χ3n) is 4.28. The van der Waals surface area contributed by atoms with E-state index in [0.29, 0.717) is 11.1 Å². The zero-order valence-corrected chi connectivity index (χ0v) is 14.0. The maximum atomic E-state index is 12.4. The lowest BCUT2D eigenvalue weighted by atomic mass is 9.98. The average Bonchev–Trinajstić information content (AvgIpc) is 3.00. The lowest BCUT2D eigenvalue weighted by Crippen LogP contribution is -2.15. The molecule has 0 aliphatic rings. The summed E-state index contributed by atoms with van der Waals surface area (Å²) >= 11 is 0. The number of Topliss-reactive ketones (excluding diaryl/α,β-unsaturated/α-hetero) is 1. The predicted octanol–water partition coefficient (Wildman–Crippen LogP) is 4.13. The molecule has 0 unspecified atom stereocenters. The van der Waals surface area contributed by atoms with Crippen LogP contribution in [0.5, 0.6) is 0 Å². The number of fused-ring (bicyclic) bond motifs is 1. The molecule has 0 atom stereocenters. The summed E-state index contributed by atoms with van der Waals surface area (Å²) in [6.07, 6.45) is 1.61. The number of ether oxygens (including phenoxy) is 1. The van der Waals surface area contributed by atoms with Crippen molar-refractivity contribution >= 4 is 22.7 Å². The molecule has 0 saturated heterocycles. The summed E-state index contributed by atoms with van der Waals surface area (Å²) in [6, 6.07) is 11.3. The first-order valence-electron chi connectivity index (χ1n) is 7.81. The van der Waals surface area contributed by atoms with Crippen LogP contribution >= 0.6 is 0 Å². The summed E-state index contributed by atoms with van der Waals surface area (Å²) in [5.41, 5.74) is 4.99. The molecule has 0 bridgehead atoms. The van der Waals surface area contributed by atoms with Gasteiger partial charge in [0.05, 0.1) is 5.56 Å². The van der Waals surface area contributed by atoms with E-state index in [-0.39, 0.29) is 12.4 Å². The number of hydrogen-bond acceptors (Lipinski definition) is 3. The molecule has 122 valence electrons. The van der Waals surface area contributed by atoms with E-state index in [1.54, 1.807) is 6.20 Å². The first-order valence-corrected chi connectivity index (χ1v) is 7.81. The summed E-state index contributed by atoms with van der Waals surface area (Å²) in [7, 11) is 0. The van der Waals surface area contributed by atoms with Crippen molar-refractivity contribution in [3.8, 4) is 0 Å². The normalized spacial score (nSPS) is 10.8. The topological polar surface area (TPSA) is 59.2 Å². The predicted molar refractivity (Wildman–Crippen MR) is 93.6 cm³/mol. The van der Waals surface area contributed by atoms with Crippen molar-refractivity contribution in [3.63, 3.8) is 0 Å². The van der Waals surface area contributed by atoms with E-state index in [2.05, 4.69) is 4.98 Å². The highest BCUT2D eigenvalue weighted by Crippen LogP contribution is 2.19. The molecule has 1 N–H and O–H groups in total. The molecule has 3 aromatic rings. The molecule has 0 radical (unpaired) electrons. The van der Waals surface area contributed by atoms with E-state index in [9.17, 15) is 9.59 Å². The molecule has 4 heteroatoms. The number of ketones is 1. The Hall–Kier alpha value is -2.88. The number of aryl methyl sites for hydroxylation is 3. The SMILES string of the molecule is Cc1cc(C)c(C(=O)COC(=O)c2c[nH]c3ccccc23)cc1C. The Morgan fingerprint density at radius 3 is 2.46 bits per heavy atom. The van der Waals surface area contributed by atoms with Crippen molar-refractivity contribution in [1.82, 2.24) is 4.98 Å². The fourth-order valence-electron chi connectivity index (χ4n) is 2.79. The van der Waals surface area contributed by atoms with E-state index >= 15 is 0 Å². The van der Waals surface area contributed by atoms with Gasteiger partial charge >= 0.3 is 5.97 Å². The maximum Gasteiger partial charge on any atom is 0.340 e. The average molecular weight is 321 g/mol. The van der Waals surface area contributed by atoms with Gasteiger partial charge in [-0.25, -0.2) is 4.79 Å². The number of para-hydroxylation sites is 1. The van der Waals surface area contributed by atoms with Crippen LogP contribution in [0.25, 0.3) is 10.9 Å².